The molecule has 0 saturated carbocycles. The van der Waals surface area contributed by atoms with Crippen LogP contribution in [0, 0.1) is 0 Å². The van der Waals surface area contributed by atoms with Crippen LogP contribution in [0.15, 0.2) is 36.7 Å². The second kappa shape index (κ2) is 3.63. The standard InChI is InChI=1S/C13H16N2/c1-13(2,14)8-10-4-3-5-11-9-15-7-6-12(10)11/h3-7,9H,8,14H2,1-2H3. The first-order valence-electron chi connectivity index (χ1n) is 5.17. The fourth-order valence-electron chi connectivity index (χ4n) is 1.83. The Balaban J connectivity index is 2.52. The van der Waals surface area contributed by atoms with Crippen LogP contribution >= 0.6 is 0 Å². The van der Waals surface area contributed by atoms with Gasteiger partial charge in [-0.15, -0.1) is 0 Å². The van der Waals surface area contributed by atoms with E-state index < -0.39 is 0 Å². The third-order valence-corrected chi connectivity index (χ3v) is 2.42. The van der Waals surface area contributed by atoms with Gasteiger partial charge in [-0.05, 0) is 37.3 Å². The molecule has 0 fully saturated rings. The van der Waals surface area contributed by atoms with Gasteiger partial charge in [0.05, 0.1) is 0 Å². The Morgan fingerprint density at radius 2 is 2.07 bits per heavy atom. The van der Waals surface area contributed by atoms with Gasteiger partial charge in [-0.2, -0.15) is 0 Å². The molecule has 0 atom stereocenters. The first kappa shape index (κ1) is 10.1. The van der Waals surface area contributed by atoms with Crippen molar-refractivity contribution in [1.29, 1.82) is 0 Å². The van der Waals surface area contributed by atoms with Crippen LogP contribution in [0.3, 0.4) is 0 Å². The fraction of sp³-hybridized carbons (Fsp3) is 0.308. The predicted molar refractivity (Wildman–Crippen MR) is 63.7 cm³/mol. The third kappa shape index (κ3) is 2.34. The molecule has 2 rings (SSSR count). The number of hydrogen-bond acceptors (Lipinski definition) is 2. The minimum Gasteiger partial charge on any atom is -0.325 e. The van der Waals surface area contributed by atoms with E-state index in [2.05, 4.69) is 29.2 Å². The third-order valence-electron chi connectivity index (χ3n) is 2.42. The lowest BCUT2D eigenvalue weighted by Crippen LogP contribution is -2.34. The van der Waals surface area contributed by atoms with Crippen molar-refractivity contribution in [2.45, 2.75) is 25.8 Å². The molecule has 0 radical (unpaired) electrons. The van der Waals surface area contributed by atoms with Crippen molar-refractivity contribution in [2.75, 3.05) is 0 Å². The molecule has 78 valence electrons. The highest BCUT2D eigenvalue weighted by atomic mass is 14.7. The molecule has 0 aliphatic rings. The molecule has 2 N–H and O–H groups in total. The minimum absolute atomic E-state index is 0.169. The molecule has 2 heteroatoms. The van der Waals surface area contributed by atoms with E-state index in [1.165, 1.54) is 16.3 Å². The molecule has 0 aliphatic carbocycles. The number of pyridine rings is 1. The van der Waals surface area contributed by atoms with Crippen LogP contribution in [0.25, 0.3) is 10.8 Å². The Morgan fingerprint density at radius 3 is 2.80 bits per heavy atom. The Morgan fingerprint density at radius 1 is 1.27 bits per heavy atom. The van der Waals surface area contributed by atoms with E-state index in [9.17, 15) is 0 Å². The zero-order valence-corrected chi connectivity index (χ0v) is 9.20. The van der Waals surface area contributed by atoms with Gasteiger partial charge in [0.25, 0.3) is 0 Å². The molecule has 0 amide bonds. The maximum absolute atomic E-state index is 6.04. The molecule has 0 unspecified atom stereocenters. The normalized spacial score (nSPS) is 11.9. The van der Waals surface area contributed by atoms with E-state index in [0.29, 0.717) is 0 Å². The summed E-state index contributed by atoms with van der Waals surface area (Å²) in [7, 11) is 0. The van der Waals surface area contributed by atoms with Crippen molar-refractivity contribution >= 4 is 10.8 Å². The zero-order chi connectivity index (χ0) is 10.9. The van der Waals surface area contributed by atoms with E-state index in [0.717, 1.165) is 6.42 Å². The van der Waals surface area contributed by atoms with Crippen LogP contribution in [0.1, 0.15) is 19.4 Å². The van der Waals surface area contributed by atoms with Crippen LogP contribution in [-0.2, 0) is 6.42 Å². The topological polar surface area (TPSA) is 38.9 Å². The Labute approximate surface area is 90.1 Å². The second-order valence-electron chi connectivity index (χ2n) is 4.68. The summed E-state index contributed by atoms with van der Waals surface area (Å²) >= 11 is 0. The summed E-state index contributed by atoms with van der Waals surface area (Å²) in [4.78, 5) is 4.12. The van der Waals surface area contributed by atoms with E-state index in [4.69, 9.17) is 5.73 Å². The Bertz CT molecular complexity index is 464. The quantitative estimate of drug-likeness (QED) is 0.809. The molecular weight excluding hydrogens is 184 g/mol. The van der Waals surface area contributed by atoms with Gasteiger partial charge in [-0.1, -0.05) is 18.2 Å². The summed E-state index contributed by atoms with van der Waals surface area (Å²) in [6.45, 7) is 4.10. The average Bonchev–Trinajstić information content (AvgIpc) is 2.16. The van der Waals surface area contributed by atoms with Gasteiger partial charge in [-0.25, -0.2) is 0 Å². The molecule has 2 nitrogen and oxygen atoms in total. The summed E-state index contributed by atoms with van der Waals surface area (Å²) in [6, 6.07) is 8.33. The number of fused-ring (bicyclic) bond motifs is 1. The summed E-state index contributed by atoms with van der Waals surface area (Å²) in [5.74, 6) is 0. The minimum atomic E-state index is -0.169. The van der Waals surface area contributed by atoms with Gasteiger partial charge in [0.15, 0.2) is 0 Å². The van der Waals surface area contributed by atoms with Gasteiger partial charge in [0, 0.05) is 23.3 Å². The molecule has 1 aromatic heterocycles. The van der Waals surface area contributed by atoms with Crippen LogP contribution in [0.2, 0.25) is 0 Å². The van der Waals surface area contributed by atoms with Crippen molar-refractivity contribution in [3.05, 3.63) is 42.2 Å². The van der Waals surface area contributed by atoms with Crippen molar-refractivity contribution < 1.29 is 0 Å². The molecule has 0 spiro atoms. The highest BCUT2D eigenvalue weighted by molar-refractivity contribution is 5.84. The van der Waals surface area contributed by atoms with E-state index >= 15 is 0 Å². The van der Waals surface area contributed by atoms with Crippen LogP contribution in [0.5, 0.6) is 0 Å². The summed E-state index contributed by atoms with van der Waals surface area (Å²) < 4.78 is 0. The molecule has 0 bridgehead atoms. The number of nitrogens with zero attached hydrogens (tertiary/aromatic N) is 1. The number of nitrogens with two attached hydrogens (primary N) is 1. The fourth-order valence-corrected chi connectivity index (χ4v) is 1.83. The Hall–Kier alpha value is -1.41. The molecule has 0 aliphatic heterocycles. The maximum Gasteiger partial charge on any atom is 0.0346 e. The Kier molecular flexibility index (Phi) is 2.45. The zero-order valence-electron chi connectivity index (χ0n) is 9.20. The van der Waals surface area contributed by atoms with Crippen LogP contribution in [-0.4, -0.2) is 10.5 Å². The summed E-state index contributed by atoms with van der Waals surface area (Å²) in [5, 5.41) is 2.44. The first-order valence-corrected chi connectivity index (χ1v) is 5.17. The monoisotopic (exact) mass is 200 g/mol. The van der Waals surface area contributed by atoms with Gasteiger partial charge >= 0.3 is 0 Å². The lowest BCUT2D eigenvalue weighted by Gasteiger charge is -2.19. The molecule has 2 aromatic rings. The van der Waals surface area contributed by atoms with E-state index in [-0.39, 0.29) is 5.54 Å². The largest absolute Gasteiger partial charge is 0.325 e. The van der Waals surface area contributed by atoms with Crippen LogP contribution < -0.4 is 5.73 Å². The second-order valence-corrected chi connectivity index (χ2v) is 4.68. The van der Waals surface area contributed by atoms with Crippen molar-refractivity contribution in [3.8, 4) is 0 Å². The molecular formula is C13H16N2. The molecule has 1 aromatic carbocycles. The van der Waals surface area contributed by atoms with Gasteiger partial charge in [0.1, 0.15) is 0 Å². The number of benzene rings is 1. The number of aromatic nitrogens is 1. The average molecular weight is 200 g/mol. The predicted octanol–water partition coefficient (Wildman–Crippen LogP) is 2.51. The van der Waals surface area contributed by atoms with Crippen molar-refractivity contribution in [3.63, 3.8) is 0 Å². The van der Waals surface area contributed by atoms with E-state index in [1.807, 2.05) is 26.2 Å². The number of rotatable bonds is 2. The molecule has 0 saturated heterocycles. The van der Waals surface area contributed by atoms with Crippen LogP contribution in [0.4, 0.5) is 0 Å². The van der Waals surface area contributed by atoms with Crippen molar-refractivity contribution in [2.24, 2.45) is 5.73 Å². The molecule has 1 heterocycles. The lowest BCUT2D eigenvalue weighted by molar-refractivity contribution is 0.518. The van der Waals surface area contributed by atoms with E-state index in [1.54, 1.807) is 0 Å². The van der Waals surface area contributed by atoms with Gasteiger partial charge < -0.3 is 5.73 Å². The smallest absolute Gasteiger partial charge is 0.0346 e. The number of hydrogen-bond donors (Lipinski definition) is 1. The SMILES string of the molecule is CC(C)(N)Cc1cccc2cnccc12. The van der Waals surface area contributed by atoms with Crippen molar-refractivity contribution in [1.82, 2.24) is 4.98 Å². The maximum atomic E-state index is 6.04. The summed E-state index contributed by atoms with van der Waals surface area (Å²) in [6.07, 6.45) is 4.60. The van der Waals surface area contributed by atoms with Gasteiger partial charge in [-0.3, -0.25) is 4.98 Å². The highest BCUT2D eigenvalue weighted by Gasteiger charge is 2.13. The van der Waals surface area contributed by atoms with Gasteiger partial charge in [0.2, 0.25) is 0 Å². The molecule has 15 heavy (non-hydrogen) atoms. The first-order chi connectivity index (χ1) is 7.06. The highest BCUT2D eigenvalue weighted by Crippen LogP contribution is 2.20. The lowest BCUT2D eigenvalue weighted by atomic mass is 9.93. The summed E-state index contributed by atoms with van der Waals surface area (Å²) in [5.41, 5.74) is 7.17.